The van der Waals surface area contributed by atoms with E-state index in [-0.39, 0.29) is 11.5 Å². The molecule has 0 saturated carbocycles. The molecular formula is C16H15FN4OS. The first-order chi connectivity index (χ1) is 11.0. The highest BCUT2D eigenvalue weighted by atomic mass is 32.1. The number of nitrogens with two attached hydrogens (primary N) is 1. The first-order valence-corrected chi connectivity index (χ1v) is 7.75. The average molecular weight is 330 g/mol. The van der Waals surface area contributed by atoms with Crippen LogP contribution < -0.4 is 16.6 Å². The van der Waals surface area contributed by atoms with Gasteiger partial charge in [0, 0.05) is 11.3 Å². The molecule has 1 aromatic heterocycles. The van der Waals surface area contributed by atoms with E-state index in [1.54, 1.807) is 6.07 Å². The third kappa shape index (κ3) is 2.88. The second-order valence-corrected chi connectivity index (χ2v) is 6.17. The highest BCUT2D eigenvalue weighted by Gasteiger charge is 2.15. The number of aryl methyl sites for hydroxylation is 2. The van der Waals surface area contributed by atoms with E-state index in [0.717, 1.165) is 21.3 Å². The van der Waals surface area contributed by atoms with Crippen LogP contribution in [0, 0.1) is 19.7 Å². The molecule has 3 aromatic rings. The minimum Gasteiger partial charge on any atom is -0.321 e. The van der Waals surface area contributed by atoms with Crippen molar-refractivity contribution in [2.24, 2.45) is 5.84 Å². The third-order valence-electron chi connectivity index (χ3n) is 3.57. The first-order valence-electron chi connectivity index (χ1n) is 6.94. The van der Waals surface area contributed by atoms with Gasteiger partial charge in [-0.15, -0.1) is 0 Å². The minimum atomic E-state index is -0.442. The highest BCUT2D eigenvalue weighted by Crippen LogP contribution is 2.35. The first kappa shape index (κ1) is 15.4. The Labute approximate surface area is 136 Å². The van der Waals surface area contributed by atoms with Crippen LogP contribution in [0.5, 0.6) is 0 Å². The number of rotatable bonds is 3. The lowest BCUT2D eigenvalue weighted by atomic mass is 10.1. The zero-order chi connectivity index (χ0) is 16.6. The number of hydrogen-bond donors (Lipinski definition) is 3. The van der Waals surface area contributed by atoms with Crippen molar-refractivity contribution in [3.05, 3.63) is 52.8 Å². The summed E-state index contributed by atoms with van der Waals surface area (Å²) in [7, 11) is 0. The summed E-state index contributed by atoms with van der Waals surface area (Å²) in [6.45, 7) is 3.80. The fourth-order valence-electron chi connectivity index (χ4n) is 2.45. The normalized spacial score (nSPS) is 10.8. The lowest BCUT2D eigenvalue weighted by Crippen LogP contribution is -2.14. The smallest absolute Gasteiger partial charge is 0.255 e. The Morgan fingerprint density at radius 1 is 1.30 bits per heavy atom. The van der Waals surface area contributed by atoms with Gasteiger partial charge in [0.05, 0.1) is 10.2 Å². The molecular weight excluding hydrogens is 315 g/mol. The van der Waals surface area contributed by atoms with Crippen LogP contribution >= 0.6 is 11.3 Å². The number of anilines is 2. The van der Waals surface area contributed by atoms with Crippen LogP contribution in [0.3, 0.4) is 0 Å². The summed E-state index contributed by atoms with van der Waals surface area (Å²) in [5.41, 5.74) is 6.13. The standard InChI is InChI=1S/C16H15FN4OS/c1-8-6-12-14(23-16(19-12)21-18)9(2)13(8)20-15(22)10-4-3-5-11(17)7-10/h3-7H,18H2,1-2H3,(H,19,21)(H,20,22). The van der Waals surface area contributed by atoms with Crippen molar-refractivity contribution in [1.82, 2.24) is 4.98 Å². The molecule has 0 fully saturated rings. The van der Waals surface area contributed by atoms with Gasteiger partial charge in [0.25, 0.3) is 5.91 Å². The number of carbonyl (C=O) groups is 1. The predicted molar refractivity (Wildman–Crippen MR) is 91.3 cm³/mol. The summed E-state index contributed by atoms with van der Waals surface area (Å²) in [6.07, 6.45) is 0. The summed E-state index contributed by atoms with van der Waals surface area (Å²) in [5.74, 6) is 4.61. The summed E-state index contributed by atoms with van der Waals surface area (Å²) in [6, 6.07) is 7.49. The van der Waals surface area contributed by atoms with E-state index < -0.39 is 5.82 Å². The minimum absolute atomic E-state index is 0.275. The van der Waals surface area contributed by atoms with Crippen molar-refractivity contribution in [2.45, 2.75) is 13.8 Å². The van der Waals surface area contributed by atoms with Crippen LogP contribution in [-0.4, -0.2) is 10.9 Å². The number of halogens is 1. The molecule has 3 rings (SSSR count). The average Bonchev–Trinajstić information content (AvgIpc) is 2.94. The van der Waals surface area contributed by atoms with Gasteiger partial charge in [0.2, 0.25) is 0 Å². The monoisotopic (exact) mass is 330 g/mol. The Balaban J connectivity index is 2.01. The molecule has 1 heterocycles. The molecule has 0 atom stereocenters. The van der Waals surface area contributed by atoms with Crippen molar-refractivity contribution >= 4 is 38.3 Å². The van der Waals surface area contributed by atoms with Crippen LogP contribution in [0.25, 0.3) is 10.2 Å². The van der Waals surface area contributed by atoms with Crippen LogP contribution in [-0.2, 0) is 0 Å². The highest BCUT2D eigenvalue weighted by molar-refractivity contribution is 7.22. The van der Waals surface area contributed by atoms with Crippen molar-refractivity contribution in [3.63, 3.8) is 0 Å². The second-order valence-electron chi connectivity index (χ2n) is 5.17. The number of benzene rings is 2. The molecule has 5 nitrogen and oxygen atoms in total. The molecule has 0 radical (unpaired) electrons. The fraction of sp³-hybridized carbons (Fsp3) is 0.125. The van der Waals surface area contributed by atoms with Gasteiger partial charge in [-0.05, 0) is 49.2 Å². The van der Waals surface area contributed by atoms with E-state index in [0.29, 0.717) is 10.8 Å². The van der Waals surface area contributed by atoms with E-state index in [1.807, 2.05) is 19.9 Å². The predicted octanol–water partition coefficient (Wildman–Crippen LogP) is 3.59. The molecule has 0 aliphatic heterocycles. The second kappa shape index (κ2) is 5.94. The summed E-state index contributed by atoms with van der Waals surface area (Å²) in [5, 5.41) is 3.47. The number of nitrogens with zero attached hydrogens (tertiary/aromatic N) is 1. The maximum atomic E-state index is 13.3. The zero-order valence-electron chi connectivity index (χ0n) is 12.6. The molecule has 0 aliphatic carbocycles. The van der Waals surface area contributed by atoms with Crippen LogP contribution in [0.1, 0.15) is 21.5 Å². The van der Waals surface area contributed by atoms with Gasteiger partial charge in [0.1, 0.15) is 5.82 Å². The number of fused-ring (bicyclic) bond motifs is 1. The number of hydrogen-bond acceptors (Lipinski definition) is 5. The lowest BCUT2D eigenvalue weighted by Gasteiger charge is -2.12. The van der Waals surface area contributed by atoms with Gasteiger partial charge >= 0.3 is 0 Å². The van der Waals surface area contributed by atoms with Crippen molar-refractivity contribution in [3.8, 4) is 0 Å². The Morgan fingerprint density at radius 2 is 2.09 bits per heavy atom. The molecule has 23 heavy (non-hydrogen) atoms. The summed E-state index contributed by atoms with van der Waals surface area (Å²) in [4.78, 5) is 16.7. The number of nitrogens with one attached hydrogen (secondary N) is 2. The molecule has 7 heteroatoms. The Kier molecular flexibility index (Phi) is 3.97. The molecule has 118 valence electrons. The number of aromatic nitrogens is 1. The molecule has 0 spiro atoms. The van der Waals surface area contributed by atoms with Crippen LogP contribution in [0.2, 0.25) is 0 Å². The van der Waals surface area contributed by atoms with E-state index in [9.17, 15) is 9.18 Å². The molecule has 2 aromatic carbocycles. The van der Waals surface area contributed by atoms with Gasteiger partial charge in [-0.3, -0.25) is 10.2 Å². The van der Waals surface area contributed by atoms with E-state index >= 15 is 0 Å². The summed E-state index contributed by atoms with van der Waals surface area (Å²) >= 11 is 1.41. The molecule has 1 amide bonds. The fourth-order valence-corrected chi connectivity index (χ4v) is 3.32. The molecule has 4 N–H and O–H groups in total. The quantitative estimate of drug-likeness (QED) is 0.506. The molecule has 0 aliphatic rings. The number of amides is 1. The number of thiazole rings is 1. The van der Waals surface area contributed by atoms with Crippen LogP contribution in [0.4, 0.5) is 15.2 Å². The van der Waals surface area contributed by atoms with Gasteiger partial charge in [-0.1, -0.05) is 17.4 Å². The molecule has 0 unspecified atom stereocenters. The Bertz CT molecular complexity index is 906. The van der Waals surface area contributed by atoms with Gasteiger partial charge in [-0.25, -0.2) is 15.2 Å². The van der Waals surface area contributed by atoms with E-state index in [2.05, 4.69) is 15.7 Å². The largest absolute Gasteiger partial charge is 0.321 e. The number of hydrazine groups is 1. The SMILES string of the molecule is Cc1cc2nc(NN)sc2c(C)c1NC(=O)c1cccc(F)c1. The van der Waals surface area contributed by atoms with Crippen molar-refractivity contribution in [1.29, 1.82) is 0 Å². The topological polar surface area (TPSA) is 80.0 Å². The summed E-state index contributed by atoms with van der Waals surface area (Å²) < 4.78 is 14.2. The third-order valence-corrected chi connectivity index (χ3v) is 4.69. The van der Waals surface area contributed by atoms with Gasteiger partial charge in [-0.2, -0.15) is 0 Å². The number of nitrogen functional groups attached to an aromatic ring is 1. The molecule has 0 bridgehead atoms. The maximum Gasteiger partial charge on any atom is 0.255 e. The maximum absolute atomic E-state index is 13.3. The van der Waals surface area contributed by atoms with Crippen molar-refractivity contribution < 1.29 is 9.18 Å². The Morgan fingerprint density at radius 3 is 2.78 bits per heavy atom. The van der Waals surface area contributed by atoms with E-state index in [4.69, 9.17) is 5.84 Å². The van der Waals surface area contributed by atoms with Gasteiger partial charge < -0.3 is 5.32 Å². The van der Waals surface area contributed by atoms with Gasteiger partial charge in [0.15, 0.2) is 5.13 Å². The van der Waals surface area contributed by atoms with Crippen LogP contribution in [0.15, 0.2) is 30.3 Å². The zero-order valence-corrected chi connectivity index (χ0v) is 13.4. The Hall–Kier alpha value is -2.51. The number of carbonyl (C=O) groups excluding carboxylic acids is 1. The van der Waals surface area contributed by atoms with E-state index in [1.165, 1.54) is 29.5 Å². The lowest BCUT2D eigenvalue weighted by molar-refractivity contribution is 0.102. The molecule has 0 saturated heterocycles. The van der Waals surface area contributed by atoms with Crippen molar-refractivity contribution in [2.75, 3.05) is 10.7 Å².